The number of ether oxygens (including phenoxy) is 2. The van der Waals surface area contributed by atoms with Crippen LogP contribution in [0.3, 0.4) is 0 Å². The fourth-order valence-electron chi connectivity index (χ4n) is 5.15. The predicted molar refractivity (Wildman–Crippen MR) is 120 cm³/mol. The smallest absolute Gasteiger partial charge is 0.230 e. The summed E-state index contributed by atoms with van der Waals surface area (Å²) in [5.41, 5.74) is 4.29. The minimum Gasteiger partial charge on any atom is -0.497 e. The van der Waals surface area contributed by atoms with Gasteiger partial charge in [0.05, 0.1) is 31.4 Å². The molecule has 0 spiro atoms. The lowest BCUT2D eigenvalue weighted by Crippen LogP contribution is -2.46. The van der Waals surface area contributed by atoms with Gasteiger partial charge in [-0.25, -0.2) is 0 Å². The Hall–Kier alpha value is -2.34. The highest BCUT2D eigenvalue weighted by atomic mass is 16.5. The highest BCUT2D eigenvalue weighted by molar-refractivity contribution is 5.88. The van der Waals surface area contributed by atoms with Crippen molar-refractivity contribution in [3.63, 3.8) is 0 Å². The van der Waals surface area contributed by atoms with Crippen LogP contribution in [-0.4, -0.2) is 35.9 Å². The Bertz CT molecular complexity index is 882. The van der Waals surface area contributed by atoms with Gasteiger partial charge in [0.2, 0.25) is 5.91 Å². The van der Waals surface area contributed by atoms with Crippen molar-refractivity contribution in [2.75, 3.05) is 20.3 Å². The molecule has 6 heteroatoms. The molecule has 6 nitrogen and oxygen atoms in total. The van der Waals surface area contributed by atoms with Crippen LogP contribution in [0.4, 0.5) is 0 Å². The second-order valence-electron chi connectivity index (χ2n) is 8.77. The van der Waals surface area contributed by atoms with Gasteiger partial charge < -0.3 is 14.8 Å². The lowest BCUT2D eigenvalue weighted by molar-refractivity contribution is -0.128. The molecule has 1 aliphatic heterocycles. The third-order valence-corrected chi connectivity index (χ3v) is 6.85. The van der Waals surface area contributed by atoms with Gasteiger partial charge in [0.1, 0.15) is 5.75 Å². The molecule has 1 N–H and O–H groups in total. The standard InChI is InChI=1S/C25H35N3O3/c1-3-16-28-23-12-17-31-18-21(23)22(27-28)11-15-26-24(29)25(13-5-4-6-14-25)19-7-9-20(30-2)10-8-19/h7-10H,3-6,11-18H2,1-2H3,(H,26,29). The largest absolute Gasteiger partial charge is 0.497 e. The molecule has 31 heavy (non-hydrogen) atoms. The van der Waals surface area contributed by atoms with Crippen molar-refractivity contribution in [2.24, 2.45) is 0 Å². The molecule has 1 aliphatic carbocycles. The van der Waals surface area contributed by atoms with Crippen molar-refractivity contribution < 1.29 is 14.3 Å². The summed E-state index contributed by atoms with van der Waals surface area (Å²) >= 11 is 0. The molecule has 2 aliphatic rings. The van der Waals surface area contributed by atoms with E-state index in [1.807, 2.05) is 12.1 Å². The Balaban J connectivity index is 1.46. The number of nitrogens with one attached hydrogen (secondary N) is 1. The highest BCUT2D eigenvalue weighted by Crippen LogP contribution is 2.40. The van der Waals surface area contributed by atoms with Crippen molar-refractivity contribution in [3.05, 3.63) is 46.8 Å². The first-order valence-electron chi connectivity index (χ1n) is 11.8. The van der Waals surface area contributed by atoms with Crippen molar-refractivity contribution >= 4 is 5.91 Å². The Morgan fingerprint density at radius 2 is 2.00 bits per heavy atom. The zero-order valence-corrected chi connectivity index (χ0v) is 18.9. The normalized spacial score (nSPS) is 17.7. The van der Waals surface area contributed by atoms with Gasteiger partial charge in [0.25, 0.3) is 0 Å². The minimum atomic E-state index is -0.436. The number of aryl methyl sites for hydroxylation is 1. The van der Waals surface area contributed by atoms with Crippen LogP contribution in [0.5, 0.6) is 5.75 Å². The van der Waals surface area contributed by atoms with E-state index < -0.39 is 5.41 Å². The molecular weight excluding hydrogens is 390 g/mol. The van der Waals surface area contributed by atoms with Crippen LogP contribution in [-0.2, 0) is 40.9 Å². The molecule has 2 heterocycles. The first-order chi connectivity index (χ1) is 15.2. The van der Waals surface area contributed by atoms with E-state index in [1.54, 1.807) is 7.11 Å². The fourth-order valence-corrected chi connectivity index (χ4v) is 5.15. The summed E-state index contributed by atoms with van der Waals surface area (Å²) in [7, 11) is 1.67. The molecule has 0 unspecified atom stereocenters. The average molecular weight is 426 g/mol. The molecule has 4 rings (SSSR count). The summed E-state index contributed by atoms with van der Waals surface area (Å²) in [6, 6.07) is 8.05. The SMILES string of the molecule is CCCn1nc(CCNC(=O)C2(c3ccc(OC)cc3)CCCCC2)c2c1CCOC2. The van der Waals surface area contributed by atoms with E-state index in [0.29, 0.717) is 13.2 Å². The third kappa shape index (κ3) is 4.49. The van der Waals surface area contributed by atoms with E-state index in [-0.39, 0.29) is 5.91 Å². The Morgan fingerprint density at radius 1 is 1.23 bits per heavy atom. The number of fused-ring (bicyclic) bond motifs is 1. The van der Waals surface area contributed by atoms with Crippen LogP contribution in [0.25, 0.3) is 0 Å². The average Bonchev–Trinajstić information content (AvgIpc) is 3.17. The number of aromatic nitrogens is 2. The van der Waals surface area contributed by atoms with Crippen LogP contribution < -0.4 is 10.1 Å². The summed E-state index contributed by atoms with van der Waals surface area (Å²) in [4.78, 5) is 13.5. The van der Waals surface area contributed by atoms with Gasteiger partial charge in [-0.15, -0.1) is 0 Å². The van der Waals surface area contributed by atoms with Crippen LogP contribution in [0.15, 0.2) is 24.3 Å². The fraction of sp³-hybridized carbons (Fsp3) is 0.600. The molecule has 1 amide bonds. The zero-order valence-electron chi connectivity index (χ0n) is 18.9. The number of amides is 1. The number of rotatable bonds is 8. The summed E-state index contributed by atoms with van der Waals surface area (Å²) in [6.45, 7) is 5.12. The van der Waals surface area contributed by atoms with E-state index in [9.17, 15) is 4.79 Å². The van der Waals surface area contributed by atoms with Crippen molar-refractivity contribution in [1.82, 2.24) is 15.1 Å². The third-order valence-electron chi connectivity index (χ3n) is 6.85. The van der Waals surface area contributed by atoms with Gasteiger partial charge >= 0.3 is 0 Å². The maximum Gasteiger partial charge on any atom is 0.230 e. The van der Waals surface area contributed by atoms with Gasteiger partial charge in [0.15, 0.2) is 0 Å². The maximum atomic E-state index is 13.5. The second kappa shape index (κ2) is 9.86. The number of nitrogens with zero attached hydrogens (tertiary/aromatic N) is 2. The molecule has 2 aromatic rings. The highest BCUT2D eigenvalue weighted by Gasteiger charge is 2.40. The van der Waals surface area contributed by atoms with Gasteiger partial charge in [-0.05, 0) is 37.0 Å². The van der Waals surface area contributed by atoms with Crippen LogP contribution in [0.2, 0.25) is 0 Å². The Kier molecular flexibility index (Phi) is 6.96. The predicted octanol–water partition coefficient (Wildman–Crippen LogP) is 3.94. The Labute approximate surface area is 185 Å². The van der Waals surface area contributed by atoms with Gasteiger partial charge in [-0.1, -0.05) is 38.3 Å². The molecule has 1 aromatic heterocycles. The van der Waals surface area contributed by atoms with E-state index in [0.717, 1.165) is 75.1 Å². The number of carbonyl (C=O) groups excluding carboxylic acids is 1. The molecule has 0 atom stereocenters. The molecule has 0 radical (unpaired) electrons. The first kappa shape index (κ1) is 21.9. The van der Waals surface area contributed by atoms with Crippen molar-refractivity contribution in [1.29, 1.82) is 0 Å². The maximum absolute atomic E-state index is 13.5. The van der Waals surface area contributed by atoms with Crippen molar-refractivity contribution in [2.45, 2.75) is 76.9 Å². The summed E-state index contributed by atoms with van der Waals surface area (Å²) < 4.78 is 13.1. The lowest BCUT2D eigenvalue weighted by Gasteiger charge is -2.36. The number of hydrogen-bond acceptors (Lipinski definition) is 4. The van der Waals surface area contributed by atoms with E-state index >= 15 is 0 Å². The van der Waals surface area contributed by atoms with E-state index in [1.165, 1.54) is 17.7 Å². The molecular formula is C25H35N3O3. The van der Waals surface area contributed by atoms with Crippen LogP contribution in [0.1, 0.15) is 68.0 Å². The number of methoxy groups -OCH3 is 1. The van der Waals surface area contributed by atoms with Crippen molar-refractivity contribution in [3.8, 4) is 5.75 Å². The number of carbonyl (C=O) groups is 1. The van der Waals surface area contributed by atoms with Crippen LogP contribution in [0, 0.1) is 0 Å². The molecule has 0 saturated heterocycles. The molecule has 1 aromatic carbocycles. The lowest BCUT2D eigenvalue weighted by atomic mass is 9.68. The van der Waals surface area contributed by atoms with E-state index in [2.05, 4.69) is 29.1 Å². The first-order valence-corrected chi connectivity index (χ1v) is 11.8. The quantitative estimate of drug-likeness (QED) is 0.696. The molecule has 0 bridgehead atoms. The molecule has 168 valence electrons. The molecule has 1 fully saturated rings. The zero-order chi connectivity index (χ0) is 21.7. The number of hydrogen-bond donors (Lipinski definition) is 1. The van der Waals surface area contributed by atoms with Gasteiger partial charge in [-0.2, -0.15) is 5.10 Å². The van der Waals surface area contributed by atoms with E-state index in [4.69, 9.17) is 14.6 Å². The monoisotopic (exact) mass is 425 g/mol. The number of benzene rings is 1. The summed E-state index contributed by atoms with van der Waals surface area (Å²) in [5, 5.41) is 8.11. The topological polar surface area (TPSA) is 65.4 Å². The van der Waals surface area contributed by atoms with Gasteiger partial charge in [-0.3, -0.25) is 9.48 Å². The Morgan fingerprint density at radius 3 is 2.71 bits per heavy atom. The second-order valence-corrected chi connectivity index (χ2v) is 8.77. The molecule has 1 saturated carbocycles. The summed E-state index contributed by atoms with van der Waals surface area (Å²) in [5.74, 6) is 0.972. The summed E-state index contributed by atoms with van der Waals surface area (Å²) in [6.07, 6.45) is 7.92. The van der Waals surface area contributed by atoms with Gasteiger partial charge in [0, 0.05) is 37.2 Å². The van der Waals surface area contributed by atoms with Crippen LogP contribution >= 0.6 is 0 Å². The minimum absolute atomic E-state index is 0.149.